The lowest BCUT2D eigenvalue weighted by Crippen LogP contribution is -2.15. The van der Waals surface area contributed by atoms with Gasteiger partial charge in [-0.2, -0.15) is 9.78 Å². The Morgan fingerprint density at radius 3 is 2.90 bits per heavy atom. The number of benzene rings is 2. The van der Waals surface area contributed by atoms with Crippen molar-refractivity contribution < 1.29 is 14.3 Å². The molecule has 1 N–H and O–H groups in total. The summed E-state index contributed by atoms with van der Waals surface area (Å²) < 4.78 is 13.2. The average molecular weight is 518 g/mol. The van der Waals surface area contributed by atoms with Crippen LogP contribution in [0.15, 0.2) is 52.3 Å². The number of carbonyl (C=O) groups is 1. The third kappa shape index (κ3) is 3.91. The van der Waals surface area contributed by atoms with E-state index in [9.17, 15) is 4.79 Å². The molecule has 1 aliphatic heterocycles. The molecule has 0 saturated heterocycles. The molecule has 0 bridgehead atoms. The van der Waals surface area contributed by atoms with Gasteiger partial charge in [-0.15, -0.1) is 11.3 Å². The number of aryl methyl sites for hydroxylation is 1. The summed E-state index contributed by atoms with van der Waals surface area (Å²) in [5, 5.41) is 10.3. The minimum Gasteiger partial charge on any atom is -0.454 e. The summed E-state index contributed by atoms with van der Waals surface area (Å²) in [6.45, 7) is 2.07. The van der Waals surface area contributed by atoms with Gasteiger partial charge in [0, 0.05) is 21.5 Å². The van der Waals surface area contributed by atoms with Crippen LogP contribution in [0.1, 0.15) is 16.1 Å². The molecule has 0 aliphatic carbocycles. The Morgan fingerprint density at radius 1 is 1.19 bits per heavy atom. The second-order valence-electron chi connectivity index (χ2n) is 6.74. The van der Waals surface area contributed by atoms with E-state index in [0.29, 0.717) is 27.3 Å². The molecule has 1 aliphatic rings. The lowest BCUT2D eigenvalue weighted by Gasteiger charge is -2.08. The fourth-order valence-electron chi connectivity index (χ4n) is 3.14. The summed E-state index contributed by atoms with van der Waals surface area (Å²) in [5.74, 6) is 1.59. The van der Waals surface area contributed by atoms with E-state index in [1.165, 1.54) is 11.3 Å². The van der Waals surface area contributed by atoms with Gasteiger partial charge in [-0.3, -0.25) is 4.79 Å². The predicted molar refractivity (Wildman–Crippen MR) is 123 cm³/mol. The van der Waals surface area contributed by atoms with Crippen molar-refractivity contribution in [3.63, 3.8) is 0 Å². The normalized spacial score (nSPS) is 12.2. The zero-order chi connectivity index (χ0) is 21.5. The highest BCUT2D eigenvalue weighted by Gasteiger charge is 2.19. The molecule has 3 heterocycles. The zero-order valence-corrected chi connectivity index (χ0v) is 19.2. The Bertz CT molecular complexity index is 1320. The van der Waals surface area contributed by atoms with Crippen molar-refractivity contribution in [2.75, 3.05) is 12.1 Å². The monoisotopic (exact) mass is 516 g/mol. The predicted octanol–water partition coefficient (Wildman–Crippen LogP) is 5.70. The molecule has 0 radical (unpaired) electrons. The number of rotatable bonds is 4. The van der Waals surface area contributed by atoms with E-state index in [1.807, 2.05) is 30.5 Å². The first-order valence-corrected chi connectivity index (χ1v) is 11.2. The van der Waals surface area contributed by atoms with Gasteiger partial charge in [0.05, 0.1) is 22.0 Å². The molecule has 1 amide bonds. The number of amides is 1. The Hall–Kier alpha value is -2.88. The quantitative estimate of drug-likeness (QED) is 0.376. The number of ether oxygens (including phenoxy) is 2. The van der Waals surface area contributed by atoms with Gasteiger partial charge in [0.1, 0.15) is 5.82 Å². The van der Waals surface area contributed by atoms with Gasteiger partial charge in [0.25, 0.3) is 5.91 Å². The van der Waals surface area contributed by atoms with Crippen LogP contribution in [0.4, 0.5) is 5.82 Å². The molecule has 156 valence electrons. The molecule has 10 heteroatoms. The maximum absolute atomic E-state index is 12.8. The standard InChI is InChI=1S/C21H14BrClN4O3S/c1-11-6-19(25-20(28)14-8-13(22)3-4-15(14)23)27(26-11)21-24-16(9-31-21)12-2-5-17-18(7-12)30-10-29-17/h2-9H,10H2,1H3,(H,25,28). The summed E-state index contributed by atoms with van der Waals surface area (Å²) in [7, 11) is 0. The van der Waals surface area contributed by atoms with E-state index in [-0.39, 0.29) is 12.7 Å². The molecular formula is C21H14BrClN4O3S. The van der Waals surface area contributed by atoms with Crippen LogP contribution >= 0.6 is 38.9 Å². The minimum absolute atomic E-state index is 0.221. The number of nitrogens with zero attached hydrogens (tertiary/aromatic N) is 3. The molecule has 5 rings (SSSR count). The molecule has 31 heavy (non-hydrogen) atoms. The van der Waals surface area contributed by atoms with E-state index in [2.05, 4.69) is 26.3 Å². The Morgan fingerprint density at radius 2 is 2.03 bits per heavy atom. The van der Waals surface area contributed by atoms with Gasteiger partial charge in [-0.1, -0.05) is 27.5 Å². The topological polar surface area (TPSA) is 78.3 Å². The van der Waals surface area contributed by atoms with E-state index >= 15 is 0 Å². The summed E-state index contributed by atoms with van der Waals surface area (Å²) >= 11 is 11.0. The van der Waals surface area contributed by atoms with Crippen molar-refractivity contribution in [1.82, 2.24) is 14.8 Å². The smallest absolute Gasteiger partial charge is 0.258 e. The highest BCUT2D eigenvalue weighted by atomic mass is 79.9. The van der Waals surface area contributed by atoms with Gasteiger partial charge in [0.2, 0.25) is 11.9 Å². The first-order valence-electron chi connectivity index (χ1n) is 9.17. The van der Waals surface area contributed by atoms with Crippen molar-refractivity contribution in [2.45, 2.75) is 6.92 Å². The van der Waals surface area contributed by atoms with Crippen molar-refractivity contribution >= 4 is 50.6 Å². The van der Waals surface area contributed by atoms with Gasteiger partial charge in [-0.05, 0) is 43.3 Å². The van der Waals surface area contributed by atoms with Crippen molar-refractivity contribution in [3.8, 4) is 27.9 Å². The fraction of sp³-hybridized carbons (Fsp3) is 0.0952. The van der Waals surface area contributed by atoms with Crippen LogP contribution in [-0.4, -0.2) is 27.5 Å². The van der Waals surface area contributed by atoms with Crippen LogP contribution in [0.5, 0.6) is 11.5 Å². The fourth-order valence-corrected chi connectivity index (χ4v) is 4.50. The minimum atomic E-state index is -0.333. The van der Waals surface area contributed by atoms with Crippen LogP contribution in [0.25, 0.3) is 16.4 Å². The summed E-state index contributed by atoms with van der Waals surface area (Å²) in [5.41, 5.74) is 2.79. The van der Waals surface area contributed by atoms with Crippen molar-refractivity contribution in [3.05, 3.63) is 68.6 Å². The molecule has 0 atom stereocenters. The van der Waals surface area contributed by atoms with Gasteiger partial charge in [0.15, 0.2) is 11.5 Å². The van der Waals surface area contributed by atoms with E-state index < -0.39 is 0 Å². The van der Waals surface area contributed by atoms with Gasteiger partial charge < -0.3 is 14.8 Å². The second kappa shape index (κ2) is 7.99. The molecule has 7 nitrogen and oxygen atoms in total. The third-order valence-corrected chi connectivity index (χ3v) is 6.23. The number of carbonyl (C=O) groups excluding carboxylic acids is 1. The summed E-state index contributed by atoms with van der Waals surface area (Å²) in [4.78, 5) is 17.5. The van der Waals surface area contributed by atoms with Crippen molar-refractivity contribution in [2.24, 2.45) is 0 Å². The van der Waals surface area contributed by atoms with Crippen LogP contribution in [0, 0.1) is 6.92 Å². The van der Waals surface area contributed by atoms with E-state index in [1.54, 1.807) is 28.9 Å². The van der Waals surface area contributed by atoms with Crippen LogP contribution in [0.2, 0.25) is 5.02 Å². The van der Waals surface area contributed by atoms with Crippen LogP contribution in [0.3, 0.4) is 0 Å². The Labute approximate surface area is 194 Å². The first kappa shape index (κ1) is 20.0. The zero-order valence-electron chi connectivity index (χ0n) is 16.1. The van der Waals surface area contributed by atoms with Gasteiger partial charge >= 0.3 is 0 Å². The average Bonchev–Trinajstić information content (AvgIpc) is 3.48. The molecule has 0 fully saturated rings. The first-order chi connectivity index (χ1) is 15.0. The molecule has 0 spiro atoms. The number of halogens is 2. The van der Waals surface area contributed by atoms with Crippen LogP contribution in [-0.2, 0) is 0 Å². The molecule has 2 aromatic carbocycles. The third-order valence-electron chi connectivity index (χ3n) is 4.59. The maximum Gasteiger partial charge on any atom is 0.258 e. The number of aromatic nitrogens is 3. The SMILES string of the molecule is Cc1cc(NC(=O)c2cc(Br)ccc2Cl)n(-c2nc(-c3ccc4c(c3)OCO4)cs2)n1. The lowest BCUT2D eigenvalue weighted by molar-refractivity contribution is 0.102. The highest BCUT2D eigenvalue weighted by Crippen LogP contribution is 2.36. The molecule has 2 aromatic heterocycles. The van der Waals surface area contributed by atoms with E-state index in [0.717, 1.165) is 27.2 Å². The molecule has 0 saturated carbocycles. The largest absolute Gasteiger partial charge is 0.454 e. The molecular weight excluding hydrogens is 504 g/mol. The lowest BCUT2D eigenvalue weighted by atomic mass is 10.1. The summed E-state index contributed by atoms with van der Waals surface area (Å²) in [6.07, 6.45) is 0. The van der Waals surface area contributed by atoms with Gasteiger partial charge in [-0.25, -0.2) is 4.98 Å². The number of nitrogens with one attached hydrogen (secondary N) is 1. The number of hydrogen-bond acceptors (Lipinski definition) is 6. The highest BCUT2D eigenvalue weighted by molar-refractivity contribution is 9.10. The maximum atomic E-state index is 12.8. The Kier molecular flexibility index (Phi) is 5.17. The number of hydrogen-bond donors (Lipinski definition) is 1. The number of thiazole rings is 1. The number of anilines is 1. The van der Waals surface area contributed by atoms with Crippen molar-refractivity contribution in [1.29, 1.82) is 0 Å². The summed E-state index contributed by atoms with van der Waals surface area (Å²) in [6, 6.07) is 12.6. The second-order valence-corrected chi connectivity index (χ2v) is 8.90. The number of fused-ring (bicyclic) bond motifs is 1. The Balaban J connectivity index is 1.45. The molecule has 4 aromatic rings. The van der Waals surface area contributed by atoms with Crippen LogP contribution < -0.4 is 14.8 Å². The molecule has 0 unspecified atom stereocenters. The van der Waals surface area contributed by atoms with E-state index in [4.69, 9.17) is 26.1 Å².